The number of anilines is 1. The zero-order valence-electron chi connectivity index (χ0n) is 12.7. The summed E-state index contributed by atoms with van der Waals surface area (Å²) in [6.07, 6.45) is 1.96. The van der Waals surface area contributed by atoms with Crippen LogP contribution in [0.3, 0.4) is 0 Å². The van der Waals surface area contributed by atoms with E-state index in [1.54, 1.807) is 22.9 Å². The van der Waals surface area contributed by atoms with E-state index in [0.29, 0.717) is 22.3 Å². The predicted octanol–water partition coefficient (Wildman–Crippen LogP) is 3.11. The van der Waals surface area contributed by atoms with Crippen LogP contribution < -0.4 is 5.32 Å². The molecule has 1 amide bonds. The number of carbonyl (C=O) groups excluding carboxylic acids is 1. The summed E-state index contributed by atoms with van der Waals surface area (Å²) in [5.41, 5.74) is 2.62. The minimum Gasteiger partial charge on any atom is -0.324 e. The van der Waals surface area contributed by atoms with E-state index in [4.69, 9.17) is 23.2 Å². The lowest BCUT2D eigenvalue weighted by Gasteiger charge is -2.16. The second kappa shape index (κ2) is 7.13. The van der Waals surface area contributed by atoms with Crippen molar-refractivity contribution >= 4 is 34.8 Å². The van der Waals surface area contributed by atoms with Gasteiger partial charge in [0.1, 0.15) is 0 Å². The number of halogens is 2. The van der Waals surface area contributed by atoms with E-state index in [1.807, 2.05) is 32.1 Å². The molecule has 0 radical (unpaired) electrons. The summed E-state index contributed by atoms with van der Waals surface area (Å²) >= 11 is 11.9. The van der Waals surface area contributed by atoms with Crippen molar-refractivity contribution in [2.45, 2.75) is 13.5 Å². The molecule has 1 heterocycles. The second-order valence-corrected chi connectivity index (χ2v) is 6.10. The monoisotopic (exact) mass is 340 g/mol. The number of aromatic nitrogens is 2. The molecule has 1 N–H and O–H groups in total. The van der Waals surface area contributed by atoms with Gasteiger partial charge in [0.2, 0.25) is 5.91 Å². The molecular formula is C15H18Cl2N4O. The number of hydrogen-bond donors (Lipinski definition) is 1. The average molecular weight is 341 g/mol. The van der Waals surface area contributed by atoms with E-state index in [0.717, 1.165) is 11.3 Å². The van der Waals surface area contributed by atoms with Gasteiger partial charge in [-0.3, -0.25) is 14.4 Å². The van der Waals surface area contributed by atoms with Crippen LogP contribution in [0.25, 0.3) is 0 Å². The molecule has 2 rings (SSSR count). The zero-order chi connectivity index (χ0) is 16.3. The standard InChI is InChI=1S/C15H18Cl2N4O/c1-10-11(8-21(3)19-10)7-20(2)9-15(22)18-14-5-4-12(16)6-13(14)17/h4-6,8H,7,9H2,1-3H3,(H,18,22). The number of likely N-dealkylation sites (N-methyl/N-ethyl adjacent to an activating group) is 1. The van der Waals surface area contributed by atoms with Crippen molar-refractivity contribution in [1.29, 1.82) is 0 Å². The molecule has 0 saturated heterocycles. The number of nitrogens with zero attached hydrogens (tertiary/aromatic N) is 3. The number of hydrogen-bond acceptors (Lipinski definition) is 3. The van der Waals surface area contributed by atoms with Crippen molar-refractivity contribution in [2.24, 2.45) is 7.05 Å². The third-order valence-electron chi connectivity index (χ3n) is 3.17. The second-order valence-electron chi connectivity index (χ2n) is 5.26. The van der Waals surface area contributed by atoms with Crippen molar-refractivity contribution in [3.63, 3.8) is 0 Å². The highest BCUT2D eigenvalue weighted by atomic mass is 35.5. The van der Waals surface area contributed by atoms with Crippen molar-refractivity contribution in [1.82, 2.24) is 14.7 Å². The first-order chi connectivity index (χ1) is 10.3. The molecule has 0 bridgehead atoms. The van der Waals surface area contributed by atoms with Crippen molar-refractivity contribution < 1.29 is 4.79 Å². The maximum absolute atomic E-state index is 12.1. The third-order valence-corrected chi connectivity index (χ3v) is 3.72. The normalized spacial score (nSPS) is 11.0. The third kappa shape index (κ3) is 4.47. The highest BCUT2D eigenvalue weighted by Crippen LogP contribution is 2.25. The van der Waals surface area contributed by atoms with E-state index in [2.05, 4.69) is 10.4 Å². The smallest absolute Gasteiger partial charge is 0.238 e. The molecule has 118 valence electrons. The first-order valence-corrected chi connectivity index (χ1v) is 7.53. The van der Waals surface area contributed by atoms with Crippen LogP contribution in [0.5, 0.6) is 0 Å². The van der Waals surface area contributed by atoms with Crippen LogP contribution in [-0.2, 0) is 18.4 Å². The Morgan fingerprint density at radius 2 is 2.14 bits per heavy atom. The molecule has 0 spiro atoms. The molecule has 0 aliphatic rings. The lowest BCUT2D eigenvalue weighted by atomic mass is 10.2. The van der Waals surface area contributed by atoms with E-state index in [1.165, 1.54) is 0 Å². The first kappa shape index (κ1) is 16.8. The molecule has 22 heavy (non-hydrogen) atoms. The van der Waals surface area contributed by atoms with E-state index in [9.17, 15) is 4.79 Å². The van der Waals surface area contributed by atoms with Crippen molar-refractivity contribution in [3.05, 3.63) is 45.7 Å². The SMILES string of the molecule is Cc1nn(C)cc1CN(C)CC(=O)Nc1ccc(Cl)cc1Cl. The number of benzene rings is 1. The minimum atomic E-state index is -0.131. The summed E-state index contributed by atoms with van der Waals surface area (Å²) in [5, 5.41) is 8.03. The summed E-state index contributed by atoms with van der Waals surface area (Å²) in [7, 11) is 3.77. The van der Waals surface area contributed by atoms with Gasteiger partial charge in [-0.2, -0.15) is 5.10 Å². The predicted molar refractivity (Wildman–Crippen MR) is 89.4 cm³/mol. The Morgan fingerprint density at radius 3 is 2.73 bits per heavy atom. The Labute approximate surface area is 139 Å². The number of nitrogens with one attached hydrogen (secondary N) is 1. The summed E-state index contributed by atoms with van der Waals surface area (Å²) in [5.74, 6) is -0.131. The van der Waals surface area contributed by atoms with Crippen LogP contribution in [0.15, 0.2) is 24.4 Å². The number of carbonyl (C=O) groups is 1. The van der Waals surface area contributed by atoms with Gasteiger partial charge in [-0.05, 0) is 32.2 Å². The highest BCUT2D eigenvalue weighted by molar-refractivity contribution is 6.36. The van der Waals surface area contributed by atoms with Gasteiger partial charge >= 0.3 is 0 Å². The van der Waals surface area contributed by atoms with Gasteiger partial charge in [-0.25, -0.2) is 0 Å². The Morgan fingerprint density at radius 1 is 1.41 bits per heavy atom. The number of rotatable bonds is 5. The summed E-state index contributed by atoms with van der Waals surface area (Å²) < 4.78 is 1.77. The fourth-order valence-corrected chi connectivity index (χ4v) is 2.63. The maximum Gasteiger partial charge on any atom is 0.238 e. The fraction of sp³-hybridized carbons (Fsp3) is 0.333. The molecule has 0 aliphatic carbocycles. The van der Waals surface area contributed by atoms with Crippen molar-refractivity contribution in [3.8, 4) is 0 Å². The Kier molecular flexibility index (Phi) is 5.45. The van der Waals surface area contributed by atoms with E-state index < -0.39 is 0 Å². The first-order valence-electron chi connectivity index (χ1n) is 6.77. The molecule has 0 unspecified atom stereocenters. The molecule has 0 aliphatic heterocycles. The van der Waals surface area contributed by atoms with Gasteiger partial charge in [0.05, 0.1) is 22.9 Å². The van der Waals surface area contributed by atoms with E-state index >= 15 is 0 Å². The Bertz CT molecular complexity index is 684. The quantitative estimate of drug-likeness (QED) is 0.909. The zero-order valence-corrected chi connectivity index (χ0v) is 14.2. The summed E-state index contributed by atoms with van der Waals surface area (Å²) in [6, 6.07) is 4.97. The fourth-order valence-electron chi connectivity index (χ4n) is 2.18. The topological polar surface area (TPSA) is 50.2 Å². The van der Waals surface area contributed by atoms with E-state index in [-0.39, 0.29) is 12.5 Å². The largest absolute Gasteiger partial charge is 0.324 e. The molecule has 0 saturated carbocycles. The molecule has 7 heteroatoms. The van der Waals surface area contributed by atoms with Crippen LogP contribution in [-0.4, -0.2) is 34.2 Å². The molecule has 2 aromatic rings. The van der Waals surface area contributed by atoms with Gasteiger partial charge in [-0.1, -0.05) is 23.2 Å². The summed E-state index contributed by atoms with van der Waals surface area (Å²) in [6.45, 7) is 2.87. The lowest BCUT2D eigenvalue weighted by Crippen LogP contribution is -2.30. The van der Waals surface area contributed by atoms with Gasteiger partial charge < -0.3 is 5.32 Å². The highest BCUT2D eigenvalue weighted by Gasteiger charge is 2.12. The van der Waals surface area contributed by atoms with Crippen LogP contribution >= 0.6 is 23.2 Å². The molecule has 1 aromatic heterocycles. The van der Waals surface area contributed by atoms with Gasteiger partial charge in [0.15, 0.2) is 0 Å². The summed E-state index contributed by atoms with van der Waals surface area (Å²) in [4.78, 5) is 14.0. The van der Waals surface area contributed by atoms with Crippen LogP contribution in [0.1, 0.15) is 11.3 Å². The molecule has 0 fully saturated rings. The lowest BCUT2D eigenvalue weighted by molar-refractivity contribution is -0.117. The van der Waals surface area contributed by atoms with Crippen LogP contribution in [0.2, 0.25) is 10.0 Å². The molecule has 0 atom stereocenters. The van der Waals surface area contributed by atoms with Crippen LogP contribution in [0, 0.1) is 6.92 Å². The Balaban J connectivity index is 1.92. The molecular weight excluding hydrogens is 323 g/mol. The van der Waals surface area contributed by atoms with Crippen molar-refractivity contribution in [2.75, 3.05) is 18.9 Å². The maximum atomic E-state index is 12.1. The van der Waals surface area contributed by atoms with Gasteiger partial charge in [0, 0.05) is 30.4 Å². The Hall–Kier alpha value is -1.56. The van der Waals surface area contributed by atoms with Gasteiger partial charge in [0.25, 0.3) is 0 Å². The number of aryl methyl sites for hydroxylation is 2. The minimum absolute atomic E-state index is 0.131. The molecule has 5 nitrogen and oxygen atoms in total. The number of amides is 1. The molecule has 1 aromatic carbocycles. The van der Waals surface area contributed by atoms with Gasteiger partial charge in [-0.15, -0.1) is 0 Å². The van der Waals surface area contributed by atoms with Crippen LogP contribution in [0.4, 0.5) is 5.69 Å². The average Bonchev–Trinajstić information content (AvgIpc) is 2.71.